The molecule has 0 nitrogen and oxygen atoms in total. The summed E-state index contributed by atoms with van der Waals surface area (Å²) in [6.45, 7) is 20.2. The maximum atomic E-state index is 2.25. The molecule has 0 aromatic heterocycles. The Labute approximate surface area is 135 Å². The molecular weight excluding hydrogens is 280 g/mol. The van der Waals surface area contributed by atoms with E-state index < -0.39 is 0 Å². The lowest BCUT2D eigenvalue weighted by Gasteiger charge is -2.28. The van der Waals surface area contributed by atoms with Crippen molar-refractivity contribution in [3.05, 3.63) is 30.3 Å². The van der Waals surface area contributed by atoms with E-state index in [2.05, 4.69) is 86.6 Å². The second-order valence-corrected chi connectivity index (χ2v) is 12.4. The van der Waals surface area contributed by atoms with E-state index in [0.29, 0.717) is 14.2 Å². The lowest BCUT2D eigenvalue weighted by Crippen LogP contribution is -2.19. The molecule has 0 heterocycles. The third-order valence-electron chi connectivity index (χ3n) is 1.78. The van der Waals surface area contributed by atoms with Crippen LogP contribution < -0.4 is 0 Å². The van der Waals surface area contributed by atoms with Crippen LogP contribution in [0.15, 0.2) is 35.2 Å². The first-order valence-electron chi connectivity index (χ1n) is 7.23. The molecule has 0 unspecified atom stereocenters. The van der Waals surface area contributed by atoms with E-state index >= 15 is 0 Å². The molecule has 0 saturated heterocycles. The van der Waals surface area contributed by atoms with Gasteiger partial charge in [-0.15, -0.1) is 11.8 Å². The van der Waals surface area contributed by atoms with Crippen molar-refractivity contribution in [2.45, 2.75) is 81.5 Å². The Bertz CT molecular complexity index is 349. The summed E-state index contributed by atoms with van der Waals surface area (Å²) >= 11 is 3.91. The van der Waals surface area contributed by atoms with Crippen molar-refractivity contribution in [3.63, 3.8) is 0 Å². The highest BCUT2D eigenvalue weighted by Gasteiger charge is 2.20. The molecule has 0 aliphatic rings. The molecule has 0 amide bonds. The van der Waals surface area contributed by atoms with Gasteiger partial charge in [0.1, 0.15) is 0 Å². The van der Waals surface area contributed by atoms with Gasteiger partial charge < -0.3 is 0 Å². The molecule has 0 saturated carbocycles. The molecule has 20 heavy (non-hydrogen) atoms. The molecule has 1 aromatic carbocycles. The molecule has 0 bridgehead atoms. The fraction of sp³-hybridized carbons (Fsp3) is 0.667. The largest absolute Gasteiger partial charge is 0.150 e. The highest BCUT2D eigenvalue weighted by molar-refractivity contribution is 8.01. The summed E-state index contributed by atoms with van der Waals surface area (Å²) in [6, 6.07) is 10.5. The van der Waals surface area contributed by atoms with E-state index in [-0.39, 0.29) is 0 Å². The minimum atomic E-state index is 0.321. The Kier molecular flexibility index (Phi) is 7.76. The molecule has 0 spiro atoms. The zero-order valence-electron chi connectivity index (χ0n) is 14.7. The summed E-state index contributed by atoms with van der Waals surface area (Å²) in [7, 11) is 0. The first-order chi connectivity index (χ1) is 8.79. The van der Waals surface area contributed by atoms with Crippen LogP contribution in [0, 0.1) is 0 Å². The summed E-state index contributed by atoms with van der Waals surface area (Å²) in [4.78, 5) is 1.35. The molecule has 0 aliphatic carbocycles. The van der Waals surface area contributed by atoms with E-state index in [1.165, 1.54) is 4.90 Å². The monoisotopic (exact) mass is 312 g/mol. The van der Waals surface area contributed by atoms with Crippen LogP contribution in [0.4, 0.5) is 0 Å². The van der Waals surface area contributed by atoms with Crippen molar-refractivity contribution in [1.29, 1.82) is 0 Å². The van der Waals surface area contributed by atoms with Crippen LogP contribution in [-0.2, 0) is 0 Å². The number of hydrogen-bond donors (Lipinski definition) is 0. The van der Waals surface area contributed by atoms with E-state index in [9.17, 15) is 0 Å². The van der Waals surface area contributed by atoms with Gasteiger partial charge in [-0.05, 0) is 12.1 Å². The topological polar surface area (TPSA) is 0 Å². The van der Waals surface area contributed by atoms with Crippen molar-refractivity contribution < 1.29 is 0 Å². The molecule has 0 radical (unpaired) electrons. The van der Waals surface area contributed by atoms with Crippen molar-refractivity contribution in [2.24, 2.45) is 0 Å². The van der Waals surface area contributed by atoms with Crippen LogP contribution in [0.5, 0.6) is 0 Å². The molecule has 0 aliphatic heterocycles. The Balaban J connectivity index is 0.000000370. The van der Waals surface area contributed by atoms with Gasteiger partial charge >= 0.3 is 0 Å². The van der Waals surface area contributed by atoms with Gasteiger partial charge in [-0.1, -0.05) is 80.5 Å². The smallest absolute Gasteiger partial charge is 0.0122 e. The minimum absolute atomic E-state index is 0.321. The lowest BCUT2D eigenvalue weighted by atomic mass is 10.2. The Hall–Kier alpha value is -0.0800. The standard InChI is InChI=1S/C10H14S.C8H18S/c1-10(2,3)11-9-7-5-4-6-8-9;1-7(2,3)9-8(4,5)6/h4-8H,1-3H3;1-6H3. The molecule has 0 fully saturated rings. The van der Waals surface area contributed by atoms with Gasteiger partial charge in [0.25, 0.3) is 0 Å². The predicted octanol–water partition coefficient (Wildman–Crippen LogP) is 6.89. The van der Waals surface area contributed by atoms with E-state index in [1.54, 1.807) is 0 Å². The average Bonchev–Trinajstić information content (AvgIpc) is 2.10. The Morgan fingerprint density at radius 2 is 1.00 bits per heavy atom. The second-order valence-electron chi connectivity index (χ2n) is 7.85. The summed E-state index contributed by atoms with van der Waals surface area (Å²) in [5.74, 6) is 0. The fourth-order valence-corrected chi connectivity index (χ4v) is 4.60. The lowest BCUT2D eigenvalue weighted by molar-refractivity contribution is 0.740. The van der Waals surface area contributed by atoms with Crippen LogP contribution in [0.2, 0.25) is 0 Å². The van der Waals surface area contributed by atoms with Crippen molar-refractivity contribution >= 4 is 23.5 Å². The summed E-state index contributed by atoms with van der Waals surface area (Å²) in [5.41, 5.74) is 0. The van der Waals surface area contributed by atoms with Gasteiger partial charge in [-0.25, -0.2) is 0 Å². The van der Waals surface area contributed by atoms with Gasteiger partial charge in [0.05, 0.1) is 0 Å². The van der Waals surface area contributed by atoms with Crippen molar-refractivity contribution in [2.75, 3.05) is 0 Å². The fourth-order valence-electron chi connectivity index (χ4n) is 1.76. The van der Waals surface area contributed by atoms with Crippen molar-refractivity contribution in [3.8, 4) is 0 Å². The maximum Gasteiger partial charge on any atom is 0.0122 e. The Morgan fingerprint density at radius 1 is 0.600 bits per heavy atom. The minimum Gasteiger partial charge on any atom is -0.150 e. The molecule has 1 aromatic rings. The first-order valence-corrected chi connectivity index (χ1v) is 8.86. The molecule has 1 rings (SSSR count). The quantitative estimate of drug-likeness (QED) is 0.518. The third-order valence-corrected chi connectivity index (χ3v) is 4.12. The number of hydrogen-bond acceptors (Lipinski definition) is 2. The third kappa shape index (κ3) is 14.3. The van der Waals surface area contributed by atoms with Crippen molar-refractivity contribution in [1.82, 2.24) is 0 Å². The molecule has 0 N–H and O–H groups in total. The zero-order valence-corrected chi connectivity index (χ0v) is 16.3. The van der Waals surface area contributed by atoms with Gasteiger partial charge in [0, 0.05) is 19.1 Å². The predicted molar refractivity (Wildman–Crippen MR) is 99.1 cm³/mol. The molecular formula is C18H32S2. The highest BCUT2D eigenvalue weighted by Crippen LogP contribution is 2.35. The zero-order chi connectivity index (χ0) is 16.0. The highest BCUT2D eigenvalue weighted by atomic mass is 32.2. The van der Waals surface area contributed by atoms with Crippen LogP contribution in [0.3, 0.4) is 0 Å². The van der Waals surface area contributed by atoms with E-state index in [0.717, 1.165) is 0 Å². The summed E-state index contributed by atoms with van der Waals surface area (Å²) in [5, 5.41) is 0. The van der Waals surface area contributed by atoms with Gasteiger partial charge in [0.2, 0.25) is 0 Å². The van der Waals surface area contributed by atoms with E-state index in [1.807, 2.05) is 29.6 Å². The number of benzene rings is 1. The Morgan fingerprint density at radius 3 is 1.25 bits per heavy atom. The summed E-state index contributed by atoms with van der Waals surface area (Å²) < 4.78 is 1.12. The maximum absolute atomic E-state index is 2.25. The number of thioether (sulfide) groups is 2. The normalized spacial score (nSPS) is 12.7. The number of rotatable bonds is 1. The van der Waals surface area contributed by atoms with Gasteiger partial charge in [-0.2, -0.15) is 11.8 Å². The molecule has 116 valence electrons. The first kappa shape index (κ1) is 19.9. The van der Waals surface area contributed by atoms with Crippen LogP contribution >= 0.6 is 23.5 Å². The van der Waals surface area contributed by atoms with Crippen LogP contribution in [0.1, 0.15) is 62.3 Å². The SMILES string of the molecule is CC(C)(C)SC(C)(C)C.CC(C)(C)Sc1ccccc1. The molecule has 2 heteroatoms. The molecule has 0 atom stereocenters. The van der Waals surface area contributed by atoms with Gasteiger partial charge in [-0.3, -0.25) is 0 Å². The van der Waals surface area contributed by atoms with Gasteiger partial charge in [0.15, 0.2) is 0 Å². The summed E-state index contributed by atoms with van der Waals surface area (Å²) in [6.07, 6.45) is 0. The van der Waals surface area contributed by atoms with Crippen LogP contribution in [0.25, 0.3) is 0 Å². The second kappa shape index (κ2) is 7.79. The van der Waals surface area contributed by atoms with E-state index in [4.69, 9.17) is 0 Å². The van der Waals surface area contributed by atoms with Crippen LogP contribution in [-0.4, -0.2) is 14.2 Å². The average molecular weight is 313 g/mol.